The summed E-state index contributed by atoms with van der Waals surface area (Å²) in [5.74, 6) is 1.07. The summed E-state index contributed by atoms with van der Waals surface area (Å²) in [7, 11) is 0. The van der Waals surface area contributed by atoms with Crippen molar-refractivity contribution in [2.75, 3.05) is 37.6 Å². The van der Waals surface area contributed by atoms with Crippen LogP contribution in [-0.2, 0) is 0 Å². The van der Waals surface area contributed by atoms with Gasteiger partial charge in [-0.05, 0) is 25.1 Å². The molecule has 1 fully saturated rings. The fraction of sp³-hybridized carbons (Fsp3) is 0.533. The van der Waals surface area contributed by atoms with Crippen LogP contribution in [0.2, 0.25) is 0 Å². The molecule has 102 valence electrons. The van der Waals surface area contributed by atoms with Crippen molar-refractivity contribution in [3.63, 3.8) is 0 Å². The molecule has 4 nitrogen and oxygen atoms in total. The lowest BCUT2D eigenvalue weighted by Gasteiger charge is -2.35. The summed E-state index contributed by atoms with van der Waals surface area (Å²) < 4.78 is 5.45. The van der Waals surface area contributed by atoms with E-state index in [1.165, 1.54) is 19.4 Å². The number of hydrogen-bond donors (Lipinski definition) is 0. The van der Waals surface area contributed by atoms with E-state index in [0.717, 1.165) is 43.0 Å². The van der Waals surface area contributed by atoms with E-state index in [1.54, 1.807) is 6.26 Å². The second-order valence-corrected chi connectivity index (χ2v) is 5.15. The van der Waals surface area contributed by atoms with Crippen LogP contribution in [0.5, 0.6) is 0 Å². The average molecular weight is 259 g/mol. The molecule has 2 aromatic rings. The van der Waals surface area contributed by atoms with Gasteiger partial charge in [-0.1, -0.05) is 13.3 Å². The lowest BCUT2D eigenvalue weighted by molar-refractivity contribution is 0.254. The van der Waals surface area contributed by atoms with Crippen molar-refractivity contribution in [2.24, 2.45) is 0 Å². The van der Waals surface area contributed by atoms with Gasteiger partial charge in [-0.25, -0.2) is 4.98 Å². The Kier molecular flexibility index (Phi) is 3.69. The Morgan fingerprint density at radius 2 is 2.05 bits per heavy atom. The van der Waals surface area contributed by atoms with E-state index in [0.29, 0.717) is 0 Å². The van der Waals surface area contributed by atoms with Gasteiger partial charge in [0, 0.05) is 32.4 Å². The zero-order valence-corrected chi connectivity index (χ0v) is 11.5. The first-order chi connectivity index (χ1) is 9.38. The molecule has 0 aromatic carbocycles. The number of fused-ring (bicyclic) bond motifs is 1. The second kappa shape index (κ2) is 5.61. The van der Waals surface area contributed by atoms with Crippen LogP contribution in [0.25, 0.3) is 11.0 Å². The van der Waals surface area contributed by atoms with E-state index in [9.17, 15) is 0 Å². The highest BCUT2D eigenvalue weighted by atomic mass is 16.3. The first kappa shape index (κ1) is 12.5. The summed E-state index contributed by atoms with van der Waals surface area (Å²) in [6.07, 6.45) is 6.16. The molecule has 0 N–H and O–H groups in total. The number of rotatable bonds is 4. The molecule has 0 radical (unpaired) electrons. The molecule has 0 unspecified atom stereocenters. The van der Waals surface area contributed by atoms with Gasteiger partial charge in [0.2, 0.25) is 0 Å². The van der Waals surface area contributed by atoms with Crippen LogP contribution in [0.15, 0.2) is 29.0 Å². The highest BCUT2D eigenvalue weighted by Gasteiger charge is 2.19. The van der Waals surface area contributed by atoms with Gasteiger partial charge in [-0.2, -0.15) is 0 Å². The van der Waals surface area contributed by atoms with Crippen LogP contribution in [0.4, 0.5) is 5.82 Å². The molecule has 0 atom stereocenters. The van der Waals surface area contributed by atoms with E-state index >= 15 is 0 Å². The van der Waals surface area contributed by atoms with E-state index in [-0.39, 0.29) is 0 Å². The second-order valence-electron chi connectivity index (χ2n) is 5.15. The Morgan fingerprint density at radius 3 is 2.84 bits per heavy atom. The Labute approximate surface area is 114 Å². The number of pyridine rings is 1. The predicted octanol–water partition coefficient (Wildman–Crippen LogP) is 2.75. The topological polar surface area (TPSA) is 32.5 Å². The number of hydrogen-bond acceptors (Lipinski definition) is 4. The van der Waals surface area contributed by atoms with Gasteiger partial charge in [0.05, 0.1) is 11.6 Å². The summed E-state index contributed by atoms with van der Waals surface area (Å²) in [5.41, 5.74) is 0.929. The van der Waals surface area contributed by atoms with Crippen LogP contribution < -0.4 is 4.90 Å². The summed E-state index contributed by atoms with van der Waals surface area (Å²) in [6, 6.07) is 3.94. The molecule has 0 bridgehead atoms. The lowest BCUT2D eigenvalue weighted by Crippen LogP contribution is -2.46. The summed E-state index contributed by atoms with van der Waals surface area (Å²) in [6.45, 7) is 7.86. The molecule has 19 heavy (non-hydrogen) atoms. The molecule has 0 amide bonds. The Bertz CT molecular complexity index is 529. The zero-order chi connectivity index (χ0) is 13.1. The van der Waals surface area contributed by atoms with Gasteiger partial charge in [0.15, 0.2) is 0 Å². The smallest absolute Gasteiger partial charge is 0.139 e. The van der Waals surface area contributed by atoms with Crippen molar-refractivity contribution in [3.05, 3.63) is 24.6 Å². The van der Waals surface area contributed by atoms with E-state index < -0.39 is 0 Å². The van der Waals surface area contributed by atoms with Crippen LogP contribution in [0, 0.1) is 0 Å². The van der Waals surface area contributed by atoms with Gasteiger partial charge in [0.1, 0.15) is 11.4 Å². The Hall–Kier alpha value is -1.55. The van der Waals surface area contributed by atoms with Crippen LogP contribution in [-0.4, -0.2) is 42.6 Å². The SMILES string of the molecule is CCCCN1CCN(c2nccc3occc23)CC1. The van der Waals surface area contributed by atoms with Crippen molar-refractivity contribution in [1.82, 2.24) is 9.88 Å². The summed E-state index contributed by atoms with van der Waals surface area (Å²) in [4.78, 5) is 9.46. The summed E-state index contributed by atoms with van der Waals surface area (Å²) in [5, 5.41) is 1.13. The van der Waals surface area contributed by atoms with Crippen molar-refractivity contribution in [2.45, 2.75) is 19.8 Å². The first-order valence-corrected chi connectivity index (χ1v) is 7.18. The highest BCUT2D eigenvalue weighted by Crippen LogP contribution is 2.25. The molecule has 1 aliphatic rings. The number of unbranched alkanes of at least 4 members (excludes halogenated alkanes) is 1. The molecule has 2 aromatic heterocycles. The first-order valence-electron chi connectivity index (χ1n) is 7.18. The van der Waals surface area contributed by atoms with Crippen LogP contribution in [0.1, 0.15) is 19.8 Å². The number of anilines is 1. The van der Waals surface area contributed by atoms with Crippen LogP contribution in [0.3, 0.4) is 0 Å². The van der Waals surface area contributed by atoms with Crippen LogP contribution >= 0.6 is 0 Å². The molecular formula is C15H21N3O. The minimum atomic E-state index is 0.929. The Balaban J connectivity index is 1.69. The minimum Gasteiger partial charge on any atom is -0.464 e. The van der Waals surface area contributed by atoms with Crippen molar-refractivity contribution in [3.8, 4) is 0 Å². The number of piperazine rings is 1. The van der Waals surface area contributed by atoms with Gasteiger partial charge in [0.25, 0.3) is 0 Å². The van der Waals surface area contributed by atoms with Crippen molar-refractivity contribution in [1.29, 1.82) is 0 Å². The van der Waals surface area contributed by atoms with Crippen molar-refractivity contribution >= 4 is 16.8 Å². The van der Waals surface area contributed by atoms with E-state index in [4.69, 9.17) is 4.42 Å². The number of furan rings is 1. The molecule has 1 aliphatic heterocycles. The number of nitrogens with zero attached hydrogens (tertiary/aromatic N) is 3. The molecule has 4 heteroatoms. The molecule has 0 aliphatic carbocycles. The summed E-state index contributed by atoms with van der Waals surface area (Å²) >= 11 is 0. The zero-order valence-electron chi connectivity index (χ0n) is 11.5. The largest absolute Gasteiger partial charge is 0.464 e. The van der Waals surface area contributed by atoms with Gasteiger partial charge >= 0.3 is 0 Å². The maximum Gasteiger partial charge on any atom is 0.139 e. The fourth-order valence-electron chi connectivity index (χ4n) is 2.70. The fourth-order valence-corrected chi connectivity index (χ4v) is 2.70. The van der Waals surface area contributed by atoms with Gasteiger partial charge < -0.3 is 9.32 Å². The monoisotopic (exact) mass is 259 g/mol. The molecule has 1 saturated heterocycles. The minimum absolute atomic E-state index is 0.929. The quantitative estimate of drug-likeness (QED) is 0.845. The molecule has 0 spiro atoms. The van der Waals surface area contributed by atoms with E-state index in [2.05, 4.69) is 21.7 Å². The third-order valence-corrected chi connectivity index (χ3v) is 3.86. The maximum atomic E-state index is 5.45. The molecular weight excluding hydrogens is 238 g/mol. The molecule has 3 rings (SSSR count). The third-order valence-electron chi connectivity index (χ3n) is 3.86. The standard InChI is InChI=1S/C15H21N3O/c1-2-3-7-17-8-10-18(11-9-17)15-13-5-12-19-14(13)4-6-16-15/h4-6,12H,2-3,7-11H2,1H3. The van der Waals surface area contributed by atoms with Gasteiger partial charge in [-0.15, -0.1) is 0 Å². The highest BCUT2D eigenvalue weighted by molar-refractivity contribution is 5.88. The predicted molar refractivity (Wildman–Crippen MR) is 77.6 cm³/mol. The van der Waals surface area contributed by atoms with Gasteiger partial charge in [-0.3, -0.25) is 4.90 Å². The average Bonchev–Trinajstić information content (AvgIpc) is 2.94. The number of aromatic nitrogens is 1. The molecule has 0 saturated carbocycles. The maximum absolute atomic E-state index is 5.45. The molecule has 3 heterocycles. The normalized spacial score (nSPS) is 17.2. The lowest BCUT2D eigenvalue weighted by atomic mass is 10.2. The van der Waals surface area contributed by atoms with Crippen molar-refractivity contribution < 1.29 is 4.42 Å². The third kappa shape index (κ3) is 2.59. The Morgan fingerprint density at radius 1 is 1.21 bits per heavy atom. The van der Waals surface area contributed by atoms with E-state index in [1.807, 2.05) is 18.3 Å².